The van der Waals surface area contributed by atoms with Crippen LogP contribution in [0.4, 0.5) is 0 Å². The van der Waals surface area contributed by atoms with Crippen molar-refractivity contribution < 1.29 is 19.1 Å². The molecular weight excluding hydrogens is 451 g/mol. The first-order valence-electron chi connectivity index (χ1n) is 10.8. The third kappa shape index (κ3) is 5.30. The molecule has 1 heterocycles. The number of hydrogen-bond donors (Lipinski definition) is 1. The zero-order chi connectivity index (χ0) is 22.5. The molecule has 32 heavy (non-hydrogen) atoms. The Labute approximate surface area is 197 Å². The van der Waals surface area contributed by atoms with Crippen LogP contribution in [0.5, 0.6) is 11.5 Å². The Balaban J connectivity index is 1.60. The van der Waals surface area contributed by atoms with Gasteiger partial charge in [-0.15, -0.1) is 11.6 Å². The van der Waals surface area contributed by atoms with Crippen LogP contribution in [0.15, 0.2) is 48.5 Å². The van der Waals surface area contributed by atoms with Crippen molar-refractivity contribution in [1.82, 2.24) is 10.2 Å². The van der Waals surface area contributed by atoms with Crippen LogP contribution < -0.4 is 14.8 Å². The molecule has 1 saturated carbocycles. The summed E-state index contributed by atoms with van der Waals surface area (Å²) in [4.78, 5) is 27.9. The molecule has 0 spiro atoms. The number of para-hydroxylation sites is 2. The highest BCUT2D eigenvalue weighted by molar-refractivity contribution is 6.30. The van der Waals surface area contributed by atoms with Crippen molar-refractivity contribution in [2.75, 3.05) is 19.0 Å². The molecule has 4 rings (SSSR count). The number of nitrogens with zero attached hydrogens (tertiary/aromatic N) is 1. The van der Waals surface area contributed by atoms with Gasteiger partial charge in [0.25, 0.3) is 0 Å². The van der Waals surface area contributed by atoms with Gasteiger partial charge in [0.2, 0.25) is 11.8 Å². The lowest BCUT2D eigenvalue weighted by molar-refractivity contribution is -0.141. The van der Waals surface area contributed by atoms with E-state index in [0.29, 0.717) is 22.1 Å². The quantitative estimate of drug-likeness (QED) is 0.603. The number of nitrogens with one attached hydrogen (secondary N) is 1. The lowest BCUT2D eigenvalue weighted by atomic mass is 10.0. The van der Waals surface area contributed by atoms with Crippen LogP contribution >= 0.6 is 23.2 Å². The molecule has 2 aliphatic rings. The van der Waals surface area contributed by atoms with E-state index in [1.807, 2.05) is 24.3 Å². The fourth-order valence-corrected chi connectivity index (χ4v) is 4.55. The Kier molecular flexibility index (Phi) is 7.43. The average Bonchev–Trinajstić information content (AvgIpc) is 3.32. The molecule has 0 bridgehead atoms. The van der Waals surface area contributed by atoms with E-state index >= 15 is 0 Å². The maximum atomic E-state index is 13.4. The van der Waals surface area contributed by atoms with Crippen molar-refractivity contribution >= 4 is 35.0 Å². The van der Waals surface area contributed by atoms with Gasteiger partial charge in [0.1, 0.15) is 18.5 Å². The average molecular weight is 477 g/mol. The molecule has 2 atom stereocenters. The summed E-state index contributed by atoms with van der Waals surface area (Å²) in [7, 11) is 0. The second kappa shape index (κ2) is 10.5. The molecule has 0 radical (unpaired) electrons. The van der Waals surface area contributed by atoms with E-state index in [2.05, 4.69) is 5.32 Å². The summed E-state index contributed by atoms with van der Waals surface area (Å²) >= 11 is 12.0. The fourth-order valence-electron chi connectivity index (χ4n) is 4.27. The predicted octanol–water partition coefficient (Wildman–Crippen LogP) is 4.35. The van der Waals surface area contributed by atoms with Crippen LogP contribution in [0, 0.1) is 0 Å². The summed E-state index contributed by atoms with van der Waals surface area (Å²) in [5.74, 6) is 0.448. The number of amides is 2. The van der Waals surface area contributed by atoms with Crippen LogP contribution in [0.1, 0.15) is 37.3 Å². The number of halogens is 2. The molecule has 1 aliphatic carbocycles. The van der Waals surface area contributed by atoms with Gasteiger partial charge in [0.15, 0.2) is 17.6 Å². The van der Waals surface area contributed by atoms with Gasteiger partial charge < -0.3 is 19.7 Å². The molecule has 0 unspecified atom stereocenters. The summed E-state index contributed by atoms with van der Waals surface area (Å²) in [5, 5.41) is 3.68. The molecule has 1 aliphatic heterocycles. The predicted molar refractivity (Wildman–Crippen MR) is 123 cm³/mol. The second-order valence-corrected chi connectivity index (χ2v) is 8.83. The first kappa shape index (κ1) is 22.7. The number of ether oxygens (including phenoxy) is 2. The van der Waals surface area contributed by atoms with Crippen LogP contribution in [-0.2, 0) is 9.59 Å². The van der Waals surface area contributed by atoms with Crippen molar-refractivity contribution in [3.63, 3.8) is 0 Å². The van der Waals surface area contributed by atoms with E-state index in [1.165, 1.54) is 4.90 Å². The van der Waals surface area contributed by atoms with Gasteiger partial charge in [-0.2, -0.15) is 0 Å². The topological polar surface area (TPSA) is 67.9 Å². The molecule has 6 nitrogen and oxygen atoms in total. The zero-order valence-corrected chi connectivity index (χ0v) is 19.1. The highest BCUT2D eigenvalue weighted by Crippen LogP contribution is 2.32. The number of fused-ring (bicyclic) bond motifs is 1. The number of benzene rings is 2. The van der Waals surface area contributed by atoms with E-state index in [4.69, 9.17) is 32.7 Å². The molecule has 2 amide bonds. The van der Waals surface area contributed by atoms with Crippen molar-refractivity contribution in [3.8, 4) is 11.5 Å². The molecule has 1 fully saturated rings. The first-order valence-corrected chi connectivity index (χ1v) is 11.8. The van der Waals surface area contributed by atoms with Crippen molar-refractivity contribution in [2.24, 2.45) is 0 Å². The van der Waals surface area contributed by atoms with E-state index in [0.717, 1.165) is 25.7 Å². The van der Waals surface area contributed by atoms with Crippen LogP contribution in [0.2, 0.25) is 5.02 Å². The molecular formula is C24H26Cl2N2O4. The monoisotopic (exact) mass is 476 g/mol. The standard InChI is InChI=1S/C24H26Cl2N2O4/c25-13-22(29)28(14-19-15-31-20-7-3-4-8-21(20)32-19)23(16-9-11-17(26)12-10-16)24(30)27-18-5-1-2-6-18/h3-4,7-12,18-19,23H,1-2,5-6,13-15H2,(H,27,30)/t19-,23-/m1/s1. The Morgan fingerprint density at radius 1 is 1.06 bits per heavy atom. The second-order valence-electron chi connectivity index (χ2n) is 8.12. The smallest absolute Gasteiger partial charge is 0.247 e. The number of hydrogen-bond acceptors (Lipinski definition) is 4. The Hall–Kier alpha value is -2.44. The summed E-state index contributed by atoms with van der Waals surface area (Å²) in [6, 6.07) is 13.6. The van der Waals surface area contributed by atoms with Gasteiger partial charge in [-0.25, -0.2) is 0 Å². The Morgan fingerprint density at radius 2 is 1.75 bits per heavy atom. The third-order valence-corrected chi connectivity index (χ3v) is 6.33. The Bertz CT molecular complexity index is 947. The lowest BCUT2D eigenvalue weighted by Gasteiger charge is -2.36. The summed E-state index contributed by atoms with van der Waals surface area (Å²) in [5.41, 5.74) is 0.667. The first-order chi connectivity index (χ1) is 15.5. The van der Waals surface area contributed by atoms with E-state index < -0.39 is 12.1 Å². The number of carbonyl (C=O) groups is 2. The molecule has 0 saturated heterocycles. The highest BCUT2D eigenvalue weighted by Gasteiger charge is 2.35. The van der Waals surface area contributed by atoms with Crippen molar-refractivity contribution in [2.45, 2.75) is 43.9 Å². The lowest BCUT2D eigenvalue weighted by Crippen LogP contribution is -2.51. The molecule has 8 heteroatoms. The van der Waals surface area contributed by atoms with Gasteiger partial charge in [-0.05, 0) is 42.7 Å². The number of rotatable bonds is 7. The van der Waals surface area contributed by atoms with Gasteiger partial charge in [-0.3, -0.25) is 9.59 Å². The highest BCUT2D eigenvalue weighted by atomic mass is 35.5. The minimum atomic E-state index is -0.847. The minimum absolute atomic E-state index is 0.117. The largest absolute Gasteiger partial charge is 0.486 e. The van der Waals surface area contributed by atoms with Crippen LogP contribution in [0.3, 0.4) is 0 Å². The van der Waals surface area contributed by atoms with E-state index in [-0.39, 0.29) is 36.9 Å². The normalized spacial score (nSPS) is 18.8. The Morgan fingerprint density at radius 3 is 2.44 bits per heavy atom. The third-order valence-electron chi connectivity index (χ3n) is 5.85. The molecule has 1 N–H and O–H groups in total. The van der Waals surface area contributed by atoms with E-state index in [9.17, 15) is 9.59 Å². The summed E-state index contributed by atoms with van der Waals surface area (Å²) in [6.07, 6.45) is 3.63. The van der Waals surface area contributed by atoms with Gasteiger partial charge >= 0.3 is 0 Å². The van der Waals surface area contributed by atoms with Gasteiger partial charge in [0, 0.05) is 11.1 Å². The molecule has 170 valence electrons. The minimum Gasteiger partial charge on any atom is -0.486 e. The fraction of sp³-hybridized carbons (Fsp3) is 0.417. The summed E-state index contributed by atoms with van der Waals surface area (Å²) in [6.45, 7) is 0.423. The zero-order valence-electron chi connectivity index (χ0n) is 17.6. The summed E-state index contributed by atoms with van der Waals surface area (Å²) < 4.78 is 11.9. The maximum absolute atomic E-state index is 13.4. The van der Waals surface area contributed by atoms with Crippen molar-refractivity contribution in [1.29, 1.82) is 0 Å². The number of alkyl halides is 1. The van der Waals surface area contributed by atoms with Crippen molar-refractivity contribution in [3.05, 3.63) is 59.1 Å². The van der Waals surface area contributed by atoms with Gasteiger partial charge in [0.05, 0.1) is 6.54 Å². The maximum Gasteiger partial charge on any atom is 0.247 e. The van der Waals surface area contributed by atoms with Crippen LogP contribution in [-0.4, -0.2) is 47.9 Å². The molecule has 0 aromatic heterocycles. The van der Waals surface area contributed by atoms with Crippen LogP contribution in [0.25, 0.3) is 0 Å². The number of carbonyl (C=O) groups excluding carboxylic acids is 2. The SMILES string of the molecule is O=C(NC1CCCC1)[C@@H](c1ccc(Cl)cc1)N(C[C@@H]1COc2ccccc2O1)C(=O)CCl. The van der Waals surface area contributed by atoms with E-state index in [1.54, 1.807) is 24.3 Å². The van der Waals surface area contributed by atoms with Gasteiger partial charge in [-0.1, -0.05) is 48.7 Å². The molecule has 2 aromatic rings. The molecule has 2 aromatic carbocycles.